The molecule has 1 aliphatic heterocycles. The Morgan fingerprint density at radius 2 is 2.22 bits per heavy atom. The quantitative estimate of drug-likeness (QED) is 0.775. The predicted molar refractivity (Wildman–Crippen MR) is 70.2 cm³/mol. The SMILES string of the molecule is COc1cccc2c1O/C(=C\c1ccsc1)C2=O. The van der Waals surface area contributed by atoms with Gasteiger partial charge in [0.15, 0.2) is 17.3 Å². The highest BCUT2D eigenvalue weighted by Gasteiger charge is 2.29. The number of para-hydroxylation sites is 1. The Morgan fingerprint density at radius 3 is 2.94 bits per heavy atom. The number of ketones is 1. The highest BCUT2D eigenvalue weighted by molar-refractivity contribution is 7.08. The standard InChI is InChI=1S/C14H10O3S/c1-16-11-4-2-3-10-13(15)12(17-14(10)11)7-9-5-6-18-8-9/h2-8H,1H3/b12-7-. The summed E-state index contributed by atoms with van der Waals surface area (Å²) in [6, 6.07) is 7.25. The summed E-state index contributed by atoms with van der Waals surface area (Å²) < 4.78 is 10.8. The number of carbonyl (C=O) groups is 1. The van der Waals surface area contributed by atoms with Crippen LogP contribution in [0.15, 0.2) is 40.8 Å². The zero-order valence-electron chi connectivity index (χ0n) is 9.67. The Kier molecular flexibility index (Phi) is 2.64. The number of allylic oxidation sites excluding steroid dienone is 1. The van der Waals surface area contributed by atoms with E-state index in [0.717, 1.165) is 5.56 Å². The van der Waals surface area contributed by atoms with Gasteiger partial charge in [-0.3, -0.25) is 4.79 Å². The molecule has 3 nitrogen and oxygen atoms in total. The summed E-state index contributed by atoms with van der Waals surface area (Å²) in [4.78, 5) is 12.1. The van der Waals surface area contributed by atoms with Crippen LogP contribution in [0.4, 0.5) is 0 Å². The molecule has 0 fully saturated rings. The van der Waals surface area contributed by atoms with Gasteiger partial charge in [-0.2, -0.15) is 11.3 Å². The summed E-state index contributed by atoms with van der Waals surface area (Å²) in [6.45, 7) is 0. The molecule has 0 saturated carbocycles. The van der Waals surface area contributed by atoms with Gasteiger partial charge in [0.1, 0.15) is 0 Å². The zero-order chi connectivity index (χ0) is 12.5. The lowest BCUT2D eigenvalue weighted by atomic mass is 10.1. The van der Waals surface area contributed by atoms with Crippen molar-refractivity contribution < 1.29 is 14.3 Å². The fourth-order valence-corrected chi connectivity index (χ4v) is 2.47. The molecule has 90 valence electrons. The summed E-state index contributed by atoms with van der Waals surface area (Å²) in [5, 5.41) is 3.92. The van der Waals surface area contributed by atoms with E-state index >= 15 is 0 Å². The first-order chi connectivity index (χ1) is 8.79. The van der Waals surface area contributed by atoms with Crippen LogP contribution in [0.2, 0.25) is 0 Å². The summed E-state index contributed by atoms with van der Waals surface area (Å²) in [6.07, 6.45) is 1.75. The van der Waals surface area contributed by atoms with Gasteiger partial charge in [-0.15, -0.1) is 0 Å². The zero-order valence-corrected chi connectivity index (χ0v) is 10.5. The summed E-state index contributed by atoms with van der Waals surface area (Å²) in [5.74, 6) is 1.32. The molecule has 3 rings (SSSR count). The van der Waals surface area contributed by atoms with Crippen LogP contribution in [-0.2, 0) is 0 Å². The van der Waals surface area contributed by atoms with E-state index in [1.54, 1.807) is 42.7 Å². The second-order valence-electron chi connectivity index (χ2n) is 3.83. The highest BCUT2D eigenvalue weighted by Crippen LogP contribution is 2.39. The number of ether oxygens (including phenoxy) is 2. The number of fused-ring (bicyclic) bond motifs is 1. The average molecular weight is 258 g/mol. The van der Waals surface area contributed by atoms with Crippen molar-refractivity contribution in [3.8, 4) is 11.5 Å². The monoisotopic (exact) mass is 258 g/mol. The Bertz CT molecular complexity index is 626. The average Bonchev–Trinajstić information content (AvgIpc) is 3.00. The molecule has 0 spiro atoms. The fraction of sp³-hybridized carbons (Fsp3) is 0.0714. The number of thiophene rings is 1. The lowest BCUT2D eigenvalue weighted by Gasteiger charge is -2.04. The van der Waals surface area contributed by atoms with Crippen LogP contribution < -0.4 is 9.47 Å². The molecular weight excluding hydrogens is 248 g/mol. The molecule has 2 aromatic rings. The molecule has 1 aliphatic rings. The van der Waals surface area contributed by atoms with E-state index in [1.807, 2.05) is 16.8 Å². The first kappa shape index (κ1) is 11.0. The predicted octanol–water partition coefficient (Wildman–Crippen LogP) is 3.37. The van der Waals surface area contributed by atoms with Crippen LogP contribution in [0.3, 0.4) is 0 Å². The molecule has 0 unspecified atom stereocenters. The maximum atomic E-state index is 12.1. The molecule has 0 bridgehead atoms. The van der Waals surface area contributed by atoms with Crippen molar-refractivity contribution in [3.63, 3.8) is 0 Å². The van der Waals surface area contributed by atoms with Gasteiger partial charge in [-0.1, -0.05) is 6.07 Å². The van der Waals surface area contributed by atoms with Crippen LogP contribution in [-0.4, -0.2) is 12.9 Å². The van der Waals surface area contributed by atoms with E-state index in [-0.39, 0.29) is 5.78 Å². The molecule has 0 saturated heterocycles. The Hall–Kier alpha value is -2.07. The van der Waals surface area contributed by atoms with E-state index in [0.29, 0.717) is 22.8 Å². The van der Waals surface area contributed by atoms with Crippen LogP contribution in [0.5, 0.6) is 11.5 Å². The molecule has 4 heteroatoms. The third kappa shape index (κ3) is 1.71. The van der Waals surface area contributed by atoms with E-state index in [2.05, 4.69) is 0 Å². The largest absolute Gasteiger partial charge is 0.493 e. The molecular formula is C14H10O3S. The Balaban J connectivity index is 2.04. The lowest BCUT2D eigenvalue weighted by molar-refractivity contribution is 0.101. The van der Waals surface area contributed by atoms with Crippen LogP contribution in [0, 0.1) is 0 Å². The molecule has 2 heterocycles. The maximum absolute atomic E-state index is 12.1. The van der Waals surface area contributed by atoms with Gasteiger partial charge < -0.3 is 9.47 Å². The summed E-state index contributed by atoms with van der Waals surface area (Å²) >= 11 is 1.58. The van der Waals surface area contributed by atoms with Crippen molar-refractivity contribution in [1.29, 1.82) is 0 Å². The minimum absolute atomic E-state index is 0.102. The van der Waals surface area contributed by atoms with Gasteiger partial charge in [0, 0.05) is 0 Å². The molecule has 0 amide bonds. The number of methoxy groups -OCH3 is 1. The van der Waals surface area contributed by atoms with Gasteiger partial charge in [0.05, 0.1) is 12.7 Å². The van der Waals surface area contributed by atoms with Gasteiger partial charge in [-0.25, -0.2) is 0 Å². The van der Waals surface area contributed by atoms with Gasteiger partial charge in [-0.05, 0) is 40.6 Å². The first-order valence-corrected chi connectivity index (χ1v) is 6.37. The number of hydrogen-bond donors (Lipinski definition) is 0. The van der Waals surface area contributed by atoms with E-state index in [1.165, 1.54) is 0 Å². The number of hydrogen-bond acceptors (Lipinski definition) is 4. The Labute approximate surface area is 108 Å². The highest BCUT2D eigenvalue weighted by atomic mass is 32.1. The topological polar surface area (TPSA) is 35.5 Å². The summed E-state index contributed by atoms with van der Waals surface area (Å²) in [5.41, 5.74) is 1.52. The van der Waals surface area contributed by atoms with Gasteiger partial charge in [0.25, 0.3) is 0 Å². The molecule has 0 atom stereocenters. The molecule has 0 N–H and O–H groups in total. The van der Waals surface area contributed by atoms with Crippen molar-refractivity contribution in [1.82, 2.24) is 0 Å². The summed E-state index contributed by atoms with van der Waals surface area (Å²) in [7, 11) is 1.56. The molecule has 0 aliphatic carbocycles. The van der Waals surface area contributed by atoms with Crippen molar-refractivity contribution in [2.24, 2.45) is 0 Å². The van der Waals surface area contributed by atoms with Gasteiger partial charge >= 0.3 is 0 Å². The van der Waals surface area contributed by atoms with E-state index < -0.39 is 0 Å². The second-order valence-corrected chi connectivity index (χ2v) is 4.61. The second kappa shape index (κ2) is 4.31. The van der Waals surface area contributed by atoms with Crippen LogP contribution in [0.25, 0.3) is 6.08 Å². The van der Waals surface area contributed by atoms with Crippen molar-refractivity contribution in [2.75, 3.05) is 7.11 Å². The number of Topliss-reactive ketones (excluding diaryl/α,β-unsaturated/α-hetero) is 1. The van der Waals surface area contributed by atoms with Crippen molar-refractivity contribution in [3.05, 3.63) is 51.9 Å². The Morgan fingerprint density at radius 1 is 1.33 bits per heavy atom. The molecule has 0 radical (unpaired) electrons. The lowest BCUT2D eigenvalue weighted by Crippen LogP contribution is -1.97. The minimum atomic E-state index is -0.102. The van der Waals surface area contributed by atoms with Gasteiger partial charge in [0.2, 0.25) is 5.78 Å². The van der Waals surface area contributed by atoms with E-state index in [4.69, 9.17) is 9.47 Å². The first-order valence-electron chi connectivity index (χ1n) is 5.43. The molecule has 18 heavy (non-hydrogen) atoms. The maximum Gasteiger partial charge on any atom is 0.232 e. The number of benzene rings is 1. The third-order valence-corrected chi connectivity index (χ3v) is 3.42. The van der Waals surface area contributed by atoms with E-state index in [9.17, 15) is 4.79 Å². The smallest absolute Gasteiger partial charge is 0.232 e. The number of rotatable bonds is 2. The van der Waals surface area contributed by atoms with Crippen LogP contribution in [0.1, 0.15) is 15.9 Å². The van der Waals surface area contributed by atoms with Crippen molar-refractivity contribution in [2.45, 2.75) is 0 Å². The molecule has 1 aromatic carbocycles. The van der Waals surface area contributed by atoms with Crippen LogP contribution >= 0.6 is 11.3 Å². The third-order valence-electron chi connectivity index (χ3n) is 2.72. The minimum Gasteiger partial charge on any atom is -0.493 e. The van der Waals surface area contributed by atoms with Crippen molar-refractivity contribution >= 4 is 23.2 Å². The fourth-order valence-electron chi connectivity index (χ4n) is 1.85. The molecule has 1 aromatic heterocycles. The normalized spacial score (nSPS) is 15.6. The number of carbonyl (C=O) groups excluding carboxylic acids is 1.